The third-order valence-corrected chi connectivity index (χ3v) is 5.39. The monoisotopic (exact) mass is 356 g/mol. The lowest BCUT2D eigenvalue weighted by Gasteiger charge is -2.28. The Morgan fingerprint density at radius 1 is 1.48 bits per heavy atom. The Morgan fingerprint density at radius 3 is 2.91 bits per heavy atom. The van der Waals surface area contributed by atoms with Gasteiger partial charge in [0.15, 0.2) is 0 Å². The summed E-state index contributed by atoms with van der Waals surface area (Å²) in [5, 5.41) is 6.52. The summed E-state index contributed by atoms with van der Waals surface area (Å²) < 4.78 is 0. The predicted molar refractivity (Wildman–Crippen MR) is 101 cm³/mol. The van der Waals surface area contributed by atoms with Crippen LogP contribution in [0.15, 0.2) is 23.1 Å². The summed E-state index contributed by atoms with van der Waals surface area (Å²) in [6, 6.07) is 6.41. The number of carbonyl (C=O) groups is 1. The number of amides is 1. The number of piperidine rings is 1. The molecule has 130 valence electrons. The smallest absolute Gasteiger partial charge is 0.220 e. The van der Waals surface area contributed by atoms with Crippen LogP contribution in [0.5, 0.6) is 0 Å². The fourth-order valence-corrected chi connectivity index (χ4v) is 3.79. The van der Waals surface area contributed by atoms with E-state index in [-0.39, 0.29) is 18.3 Å². The summed E-state index contributed by atoms with van der Waals surface area (Å²) in [6.45, 7) is 7.12. The van der Waals surface area contributed by atoms with Gasteiger partial charge in [-0.25, -0.2) is 0 Å². The molecule has 2 atom stereocenters. The molecule has 0 spiro atoms. The van der Waals surface area contributed by atoms with Gasteiger partial charge >= 0.3 is 0 Å². The molecular weight excluding hydrogens is 328 g/mol. The van der Waals surface area contributed by atoms with Crippen LogP contribution in [0.3, 0.4) is 0 Å². The molecule has 1 fully saturated rings. The maximum atomic E-state index is 12.2. The number of benzene rings is 1. The van der Waals surface area contributed by atoms with Crippen molar-refractivity contribution in [3.8, 4) is 0 Å². The first-order valence-corrected chi connectivity index (χ1v) is 9.43. The largest absolute Gasteiger partial charge is 0.352 e. The van der Waals surface area contributed by atoms with Gasteiger partial charge in [-0.05, 0) is 68.1 Å². The highest BCUT2D eigenvalue weighted by molar-refractivity contribution is 7.98. The molecule has 1 aliphatic rings. The topological polar surface area (TPSA) is 41.1 Å². The summed E-state index contributed by atoms with van der Waals surface area (Å²) in [5.41, 5.74) is 2.47. The normalized spacial score (nSPS) is 18.8. The second-order valence-electron chi connectivity index (χ2n) is 6.38. The van der Waals surface area contributed by atoms with E-state index in [4.69, 9.17) is 0 Å². The van der Waals surface area contributed by atoms with Crippen LogP contribution in [-0.4, -0.2) is 25.3 Å². The third-order valence-electron chi connectivity index (χ3n) is 4.57. The first-order valence-electron chi connectivity index (χ1n) is 8.21. The Bertz CT molecular complexity index is 504. The van der Waals surface area contributed by atoms with E-state index in [1.807, 2.05) is 0 Å². The molecule has 0 aliphatic carbocycles. The van der Waals surface area contributed by atoms with Crippen LogP contribution in [0.4, 0.5) is 0 Å². The zero-order valence-electron chi connectivity index (χ0n) is 14.4. The molecule has 1 saturated heterocycles. The highest BCUT2D eigenvalue weighted by Gasteiger charge is 2.21. The summed E-state index contributed by atoms with van der Waals surface area (Å²) in [6.07, 6.45) is 5.19. The van der Waals surface area contributed by atoms with Gasteiger partial charge in [-0.2, -0.15) is 0 Å². The number of rotatable bonds is 6. The van der Waals surface area contributed by atoms with Gasteiger partial charge in [0.05, 0.1) is 0 Å². The molecule has 0 bridgehead atoms. The van der Waals surface area contributed by atoms with E-state index in [1.165, 1.54) is 28.9 Å². The summed E-state index contributed by atoms with van der Waals surface area (Å²) in [5.74, 6) is 1.26. The van der Waals surface area contributed by atoms with Crippen molar-refractivity contribution in [2.75, 3.05) is 19.3 Å². The lowest BCUT2D eigenvalue weighted by Crippen LogP contribution is -2.35. The van der Waals surface area contributed by atoms with Crippen LogP contribution in [0.25, 0.3) is 0 Å². The Kier molecular flexibility index (Phi) is 9.03. The highest BCUT2D eigenvalue weighted by Crippen LogP contribution is 2.23. The molecule has 3 nitrogen and oxygen atoms in total. The van der Waals surface area contributed by atoms with Gasteiger partial charge in [0.1, 0.15) is 0 Å². The molecule has 1 amide bonds. The van der Waals surface area contributed by atoms with Gasteiger partial charge in [0.2, 0.25) is 5.91 Å². The molecule has 2 rings (SSSR count). The number of carbonyl (C=O) groups excluding carboxylic acids is 1. The minimum absolute atomic E-state index is 0. The summed E-state index contributed by atoms with van der Waals surface area (Å²) in [4.78, 5) is 13.5. The van der Waals surface area contributed by atoms with Crippen LogP contribution in [-0.2, 0) is 11.3 Å². The van der Waals surface area contributed by atoms with Crippen molar-refractivity contribution in [3.63, 3.8) is 0 Å². The molecule has 0 saturated carbocycles. The van der Waals surface area contributed by atoms with Crippen molar-refractivity contribution in [1.29, 1.82) is 0 Å². The number of thioether (sulfide) groups is 1. The Hall–Kier alpha value is -0.710. The first-order chi connectivity index (χ1) is 10.6. The fraction of sp³-hybridized carbons (Fsp3) is 0.611. The van der Waals surface area contributed by atoms with Crippen LogP contribution in [0.1, 0.15) is 37.3 Å². The predicted octanol–water partition coefficient (Wildman–Crippen LogP) is 3.78. The quantitative estimate of drug-likeness (QED) is 0.762. The third kappa shape index (κ3) is 6.36. The van der Waals surface area contributed by atoms with Crippen molar-refractivity contribution in [2.24, 2.45) is 11.8 Å². The molecule has 1 aromatic carbocycles. The van der Waals surface area contributed by atoms with E-state index in [2.05, 4.69) is 48.9 Å². The van der Waals surface area contributed by atoms with E-state index >= 15 is 0 Å². The SMILES string of the molecule is CSc1cc(C)ccc1CNC(=O)CC(C)C1CCCNC1.Cl. The molecule has 2 unspecified atom stereocenters. The number of hydrogen-bond donors (Lipinski definition) is 2. The lowest BCUT2D eigenvalue weighted by atomic mass is 9.85. The van der Waals surface area contributed by atoms with E-state index in [0.29, 0.717) is 24.8 Å². The zero-order chi connectivity index (χ0) is 15.9. The van der Waals surface area contributed by atoms with Gasteiger partial charge in [-0.15, -0.1) is 24.2 Å². The molecule has 23 heavy (non-hydrogen) atoms. The minimum Gasteiger partial charge on any atom is -0.352 e. The molecule has 1 aliphatic heterocycles. The Labute approximate surface area is 150 Å². The second-order valence-corrected chi connectivity index (χ2v) is 7.23. The molecular formula is C18H29ClN2OS. The van der Waals surface area contributed by atoms with Gasteiger partial charge in [-0.3, -0.25) is 4.79 Å². The van der Waals surface area contributed by atoms with Crippen LogP contribution in [0, 0.1) is 18.8 Å². The molecule has 5 heteroatoms. The van der Waals surface area contributed by atoms with Crippen LogP contribution >= 0.6 is 24.2 Å². The molecule has 0 radical (unpaired) electrons. The van der Waals surface area contributed by atoms with Crippen molar-refractivity contribution in [3.05, 3.63) is 29.3 Å². The van der Waals surface area contributed by atoms with E-state index in [9.17, 15) is 4.79 Å². The van der Waals surface area contributed by atoms with Gasteiger partial charge < -0.3 is 10.6 Å². The first kappa shape index (κ1) is 20.3. The van der Waals surface area contributed by atoms with E-state index in [1.54, 1.807) is 11.8 Å². The van der Waals surface area contributed by atoms with Crippen molar-refractivity contribution in [2.45, 2.75) is 44.6 Å². The summed E-state index contributed by atoms with van der Waals surface area (Å²) >= 11 is 1.74. The van der Waals surface area contributed by atoms with Gasteiger partial charge in [-0.1, -0.05) is 19.1 Å². The Morgan fingerprint density at radius 2 is 2.26 bits per heavy atom. The van der Waals surface area contributed by atoms with Crippen molar-refractivity contribution >= 4 is 30.1 Å². The standard InChI is InChI=1S/C18H28N2OS.ClH/c1-13-6-7-16(17(9-13)22-3)12-20-18(21)10-14(2)15-5-4-8-19-11-15;/h6-7,9,14-15,19H,4-5,8,10-12H2,1-3H3,(H,20,21);1H. The van der Waals surface area contributed by atoms with E-state index in [0.717, 1.165) is 13.1 Å². The average molecular weight is 357 g/mol. The number of aryl methyl sites for hydroxylation is 1. The molecule has 0 aromatic heterocycles. The lowest BCUT2D eigenvalue weighted by molar-refractivity contribution is -0.122. The maximum Gasteiger partial charge on any atom is 0.220 e. The maximum absolute atomic E-state index is 12.2. The Balaban J connectivity index is 0.00000264. The minimum atomic E-state index is 0. The number of halogens is 1. The number of hydrogen-bond acceptors (Lipinski definition) is 3. The van der Waals surface area contributed by atoms with Crippen molar-refractivity contribution in [1.82, 2.24) is 10.6 Å². The molecule has 2 N–H and O–H groups in total. The molecule has 1 aromatic rings. The summed E-state index contributed by atoms with van der Waals surface area (Å²) in [7, 11) is 0. The van der Waals surface area contributed by atoms with E-state index < -0.39 is 0 Å². The zero-order valence-corrected chi connectivity index (χ0v) is 16.0. The average Bonchev–Trinajstić information content (AvgIpc) is 2.54. The second kappa shape index (κ2) is 10.2. The number of nitrogens with one attached hydrogen (secondary N) is 2. The van der Waals surface area contributed by atoms with Crippen LogP contribution in [0.2, 0.25) is 0 Å². The van der Waals surface area contributed by atoms with Crippen molar-refractivity contribution < 1.29 is 4.79 Å². The van der Waals surface area contributed by atoms with Gasteiger partial charge in [0, 0.05) is 17.9 Å². The fourth-order valence-electron chi connectivity index (χ4n) is 3.09. The highest BCUT2D eigenvalue weighted by atomic mass is 35.5. The van der Waals surface area contributed by atoms with Crippen LogP contribution < -0.4 is 10.6 Å². The van der Waals surface area contributed by atoms with Gasteiger partial charge in [0.25, 0.3) is 0 Å². The molecule has 1 heterocycles.